The molecule has 0 aliphatic rings. The standard InChI is InChI=1S/C14H13FN2O2/c1-14(2,13(18)19)12-16-7-6-11(17-12)9-4-3-5-10(15)8-9/h3-8H,1-2H3,(H,18,19). The average Bonchev–Trinajstić information content (AvgIpc) is 2.38. The van der Waals surface area contributed by atoms with Crippen molar-refractivity contribution in [3.8, 4) is 11.3 Å². The van der Waals surface area contributed by atoms with Crippen LogP contribution in [0, 0.1) is 5.82 Å². The molecule has 19 heavy (non-hydrogen) atoms. The van der Waals surface area contributed by atoms with Gasteiger partial charge in [0.05, 0.1) is 5.69 Å². The third kappa shape index (κ3) is 2.59. The van der Waals surface area contributed by atoms with Crippen molar-refractivity contribution in [3.63, 3.8) is 0 Å². The Morgan fingerprint density at radius 1 is 1.32 bits per heavy atom. The van der Waals surface area contributed by atoms with E-state index in [1.54, 1.807) is 18.2 Å². The molecule has 1 aromatic heterocycles. The Balaban J connectivity index is 2.48. The zero-order valence-corrected chi connectivity index (χ0v) is 10.6. The van der Waals surface area contributed by atoms with Crippen molar-refractivity contribution in [2.75, 3.05) is 0 Å². The summed E-state index contributed by atoms with van der Waals surface area (Å²) < 4.78 is 13.2. The second kappa shape index (κ2) is 4.76. The first kappa shape index (κ1) is 13.1. The molecule has 1 N–H and O–H groups in total. The van der Waals surface area contributed by atoms with Crippen LogP contribution in [0.3, 0.4) is 0 Å². The number of carboxylic acids is 1. The van der Waals surface area contributed by atoms with Gasteiger partial charge in [-0.25, -0.2) is 14.4 Å². The van der Waals surface area contributed by atoms with E-state index in [0.29, 0.717) is 11.3 Å². The third-order valence-corrected chi connectivity index (χ3v) is 2.87. The van der Waals surface area contributed by atoms with E-state index in [4.69, 9.17) is 5.11 Å². The molecule has 2 rings (SSSR count). The third-order valence-electron chi connectivity index (χ3n) is 2.87. The molecule has 0 saturated carbocycles. The maximum Gasteiger partial charge on any atom is 0.316 e. The Labute approximate surface area is 110 Å². The van der Waals surface area contributed by atoms with Gasteiger partial charge in [0.1, 0.15) is 17.1 Å². The fourth-order valence-electron chi connectivity index (χ4n) is 1.56. The van der Waals surface area contributed by atoms with E-state index in [2.05, 4.69) is 9.97 Å². The highest BCUT2D eigenvalue weighted by Crippen LogP contribution is 2.23. The summed E-state index contributed by atoms with van der Waals surface area (Å²) in [5.74, 6) is -1.18. The number of benzene rings is 1. The molecule has 2 aromatic rings. The van der Waals surface area contributed by atoms with Gasteiger partial charge in [0.15, 0.2) is 0 Å². The lowest BCUT2D eigenvalue weighted by Gasteiger charge is -2.17. The van der Waals surface area contributed by atoms with Gasteiger partial charge in [-0.05, 0) is 32.0 Å². The number of nitrogens with zero attached hydrogens (tertiary/aromatic N) is 2. The van der Waals surface area contributed by atoms with Gasteiger partial charge < -0.3 is 5.11 Å². The molecule has 1 heterocycles. The van der Waals surface area contributed by atoms with Crippen molar-refractivity contribution in [2.24, 2.45) is 0 Å². The number of aromatic nitrogens is 2. The quantitative estimate of drug-likeness (QED) is 0.921. The lowest BCUT2D eigenvalue weighted by molar-refractivity contribution is -0.142. The van der Waals surface area contributed by atoms with Crippen LogP contribution in [-0.2, 0) is 10.2 Å². The Kier molecular flexibility index (Phi) is 3.29. The summed E-state index contributed by atoms with van der Waals surface area (Å²) in [6.45, 7) is 3.06. The fraction of sp³-hybridized carbons (Fsp3) is 0.214. The molecule has 1 aromatic carbocycles. The second-order valence-electron chi connectivity index (χ2n) is 4.71. The van der Waals surface area contributed by atoms with Crippen LogP contribution in [0.2, 0.25) is 0 Å². The van der Waals surface area contributed by atoms with Crippen LogP contribution < -0.4 is 0 Å². The monoisotopic (exact) mass is 260 g/mol. The molecule has 0 spiro atoms. The Morgan fingerprint density at radius 2 is 2.05 bits per heavy atom. The van der Waals surface area contributed by atoms with Gasteiger partial charge in [0, 0.05) is 11.8 Å². The number of hydrogen-bond donors (Lipinski definition) is 1. The van der Waals surface area contributed by atoms with Gasteiger partial charge in [-0.2, -0.15) is 0 Å². The van der Waals surface area contributed by atoms with Gasteiger partial charge in [-0.1, -0.05) is 12.1 Å². The lowest BCUT2D eigenvalue weighted by Crippen LogP contribution is -2.30. The summed E-state index contributed by atoms with van der Waals surface area (Å²) in [5.41, 5.74) is -0.104. The number of rotatable bonds is 3. The normalized spacial score (nSPS) is 11.3. The summed E-state index contributed by atoms with van der Waals surface area (Å²) in [6, 6.07) is 7.60. The smallest absolute Gasteiger partial charge is 0.316 e. The summed E-state index contributed by atoms with van der Waals surface area (Å²) in [5, 5.41) is 9.16. The van der Waals surface area contributed by atoms with Crippen molar-refractivity contribution in [1.29, 1.82) is 0 Å². The largest absolute Gasteiger partial charge is 0.481 e. The zero-order valence-electron chi connectivity index (χ0n) is 10.6. The molecular weight excluding hydrogens is 247 g/mol. The van der Waals surface area contributed by atoms with Crippen LogP contribution in [0.4, 0.5) is 4.39 Å². The number of hydrogen-bond acceptors (Lipinski definition) is 3. The molecule has 0 radical (unpaired) electrons. The van der Waals surface area contributed by atoms with Crippen molar-refractivity contribution >= 4 is 5.97 Å². The summed E-state index contributed by atoms with van der Waals surface area (Å²) >= 11 is 0. The number of halogens is 1. The molecule has 0 saturated heterocycles. The van der Waals surface area contributed by atoms with Crippen LogP contribution in [-0.4, -0.2) is 21.0 Å². The molecule has 5 heteroatoms. The highest BCUT2D eigenvalue weighted by Gasteiger charge is 2.32. The van der Waals surface area contributed by atoms with Crippen molar-refractivity contribution < 1.29 is 14.3 Å². The molecule has 0 aliphatic heterocycles. The second-order valence-corrected chi connectivity index (χ2v) is 4.71. The van der Waals surface area contributed by atoms with Crippen molar-refractivity contribution in [1.82, 2.24) is 9.97 Å². The molecule has 0 fully saturated rings. The average molecular weight is 260 g/mol. The molecule has 0 unspecified atom stereocenters. The Bertz CT molecular complexity index is 626. The first-order valence-electron chi connectivity index (χ1n) is 5.74. The molecule has 0 aliphatic carbocycles. The van der Waals surface area contributed by atoms with Gasteiger partial charge >= 0.3 is 5.97 Å². The molecule has 0 bridgehead atoms. The highest BCUT2D eigenvalue weighted by molar-refractivity contribution is 5.79. The molecule has 0 atom stereocenters. The Hall–Kier alpha value is -2.30. The summed E-state index contributed by atoms with van der Waals surface area (Å²) in [6.07, 6.45) is 1.48. The number of aliphatic carboxylic acids is 1. The minimum atomic E-state index is -1.19. The molecule has 98 valence electrons. The molecule has 0 amide bonds. The zero-order chi connectivity index (χ0) is 14.0. The van der Waals surface area contributed by atoms with E-state index in [0.717, 1.165) is 0 Å². The van der Waals surface area contributed by atoms with Gasteiger partial charge in [-0.15, -0.1) is 0 Å². The van der Waals surface area contributed by atoms with E-state index in [9.17, 15) is 9.18 Å². The van der Waals surface area contributed by atoms with Crippen molar-refractivity contribution in [2.45, 2.75) is 19.3 Å². The first-order valence-corrected chi connectivity index (χ1v) is 5.74. The van der Waals surface area contributed by atoms with E-state index in [1.807, 2.05) is 0 Å². The fourth-order valence-corrected chi connectivity index (χ4v) is 1.56. The van der Waals surface area contributed by atoms with E-state index >= 15 is 0 Å². The minimum Gasteiger partial charge on any atom is -0.481 e. The predicted molar refractivity (Wildman–Crippen MR) is 68.1 cm³/mol. The Morgan fingerprint density at radius 3 is 2.68 bits per heavy atom. The van der Waals surface area contributed by atoms with Crippen LogP contribution in [0.15, 0.2) is 36.5 Å². The van der Waals surface area contributed by atoms with Crippen molar-refractivity contribution in [3.05, 3.63) is 48.2 Å². The first-order chi connectivity index (χ1) is 8.91. The molecular formula is C14H13FN2O2. The van der Waals surface area contributed by atoms with E-state index < -0.39 is 11.4 Å². The topological polar surface area (TPSA) is 63.1 Å². The van der Waals surface area contributed by atoms with Gasteiger partial charge in [-0.3, -0.25) is 4.79 Å². The summed E-state index contributed by atoms with van der Waals surface area (Å²) in [7, 11) is 0. The summed E-state index contributed by atoms with van der Waals surface area (Å²) in [4.78, 5) is 19.4. The van der Waals surface area contributed by atoms with Gasteiger partial charge in [0.25, 0.3) is 0 Å². The van der Waals surface area contributed by atoms with E-state index in [-0.39, 0.29) is 11.6 Å². The van der Waals surface area contributed by atoms with Crippen LogP contribution in [0.25, 0.3) is 11.3 Å². The highest BCUT2D eigenvalue weighted by atomic mass is 19.1. The minimum absolute atomic E-state index is 0.196. The number of carboxylic acid groups (broad SMARTS) is 1. The number of carbonyl (C=O) groups is 1. The SMILES string of the molecule is CC(C)(C(=O)O)c1nccc(-c2cccc(F)c2)n1. The van der Waals surface area contributed by atoms with Crippen LogP contribution in [0.1, 0.15) is 19.7 Å². The maximum absolute atomic E-state index is 13.2. The van der Waals surface area contributed by atoms with Crippen LogP contribution >= 0.6 is 0 Å². The molecule has 4 nitrogen and oxygen atoms in total. The lowest BCUT2D eigenvalue weighted by atomic mass is 9.92. The predicted octanol–water partition coefficient (Wildman–Crippen LogP) is 2.64. The van der Waals surface area contributed by atoms with Crippen LogP contribution in [0.5, 0.6) is 0 Å². The van der Waals surface area contributed by atoms with E-state index in [1.165, 1.54) is 32.2 Å². The maximum atomic E-state index is 13.2. The van der Waals surface area contributed by atoms with Gasteiger partial charge in [0.2, 0.25) is 0 Å².